The van der Waals surface area contributed by atoms with Gasteiger partial charge in [0.1, 0.15) is 110 Å². The van der Waals surface area contributed by atoms with Crippen molar-refractivity contribution < 1.29 is 139 Å². The summed E-state index contributed by atoms with van der Waals surface area (Å²) < 4.78 is 49.9. The summed E-state index contributed by atoms with van der Waals surface area (Å²) in [5, 5.41) is 181. The first-order chi connectivity index (χ1) is 29.6. The summed E-state index contributed by atoms with van der Waals surface area (Å²) in [4.78, 5) is 25.9. The van der Waals surface area contributed by atoms with Gasteiger partial charge in [0.15, 0.2) is 25.2 Å². The number of amides is 1. The second kappa shape index (κ2) is 21.7. The zero-order chi connectivity index (χ0) is 46.8. The van der Waals surface area contributed by atoms with Gasteiger partial charge in [-0.2, -0.15) is 0 Å². The Labute approximate surface area is 355 Å². The summed E-state index contributed by atoms with van der Waals surface area (Å²) in [6.45, 7) is -3.85. The average molecular weight is 928 g/mol. The van der Waals surface area contributed by atoms with Crippen LogP contribution in [0.15, 0.2) is 0 Å². The molecule has 5 heterocycles. The molecule has 0 aromatic carbocycles. The van der Waals surface area contributed by atoms with Crippen molar-refractivity contribution in [2.75, 3.05) is 33.0 Å². The molecule has 0 aromatic rings. The molecule has 5 fully saturated rings. The Morgan fingerprint density at radius 1 is 0.667 bits per heavy atom. The van der Waals surface area contributed by atoms with Crippen LogP contribution in [0, 0.1) is 0 Å². The van der Waals surface area contributed by atoms with E-state index in [2.05, 4.69) is 5.32 Å². The smallest absolute Gasteiger partial charge is 0.364 e. The minimum atomic E-state index is -3.31. The number of carboxylic acid groups (broad SMARTS) is 1. The van der Waals surface area contributed by atoms with Crippen LogP contribution >= 0.6 is 0 Å². The van der Waals surface area contributed by atoms with Crippen molar-refractivity contribution in [2.24, 2.45) is 0 Å². The zero-order valence-corrected chi connectivity index (χ0v) is 33.2. The molecule has 366 valence electrons. The van der Waals surface area contributed by atoms with Crippen LogP contribution in [0.2, 0.25) is 0 Å². The van der Waals surface area contributed by atoms with Crippen molar-refractivity contribution in [1.82, 2.24) is 5.32 Å². The monoisotopic (exact) mass is 927 g/mol. The highest BCUT2D eigenvalue weighted by Gasteiger charge is 2.62. The lowest BCUT2D eigenvalue weighted by atomic mass is 9.87. The summed E-state index contributed by atoms with van der Waals surface area (Å²) in [7, 11) is 0. The molecular weight excluding hydrogens is 870 g/mol. The van der Waals surface area contributed by atoms with E-state index in [0.717, 1.165) is 6.92 Å². The molecule has 5 saturated heterocycles. The van der Waals surface area contributed by atoms with Gasteiger partial charge in [0.05, 0.1) is 45.2 Å². The number of aliphatic carboxylic acids is 1. The summed E-state index contributed by atoms with van der Waals surface area (Å²) in [5.74, 6) is -6.34. The van der Waals surface area contributed by atoms with E-state index in [1.807, 2.05) is 0 Å². The van der Waals surface area contributed by atoms with Crippen molar-refractivity contribution in [1.29, 1.82) is 0 Å². The highest BCUT2D eigenvalue weighted by atomic mass is 16.8. The molecule has 0 unspecified atom stereocenters. The van der Waals surface area contributed by atoms with Crippen LogP contribution in [0.5, 0.6) is 0 Å². The van der Waals surface area contributed by atoms with E-state index in [-0.39, 0.29) is 0 Å². The van der Waals surface area contributed by atoms with Gasteiger partial charge < -0.3 is 135 Å². The molecule has 29 heteroatoms. The standard InChI is InChI=1S/C34H57NO28/c1-8(40)35-15-11(57-31-23(50)20(47)26(14(6-39)59-31)60-30-22(49)16(43)10(42)7-55-30)2-34(33(53)54,62-27(15)17(44)9(41)3-36)63-28-18(45)12(4-37)58-32(24(28)51)61-25-13(5-38)56-29(52)21(48)19(25)46/h9-32,36-39,41-52H,2-7H2,1H3,(H,35,40)(H,53,54)/t9-,10+,11+,12-,13-,14-,15-,16+,17-,18+,19-,20-,21-,22-,23-,24-,25-,26+,27-,28+,29-,30-,31+,32+,34+/m1/s1. The van der Waals surface area contributed by atoms with E-state index in [9.17, 15) is 96.4 Å². The average Bonchev–Trinajstić information content (AvgIpc) is 3.25. The van der Waals surface area contributed by atoms with Gasteiger partial charge in [-0.1, -0.05) is 0 Å². The fourth-order valence-electron chi connectivity index (χ4n) is 7.83. The predicted octanol–water partition coefficient (Wildman–Crippen LogP) is -11.9. The number of hydrogen-bond donors (Lipinski definition) is 18. The Bertz CT molecular complexity index is 1480. The lowest BCUT2D eigenvalue weighted by molar-refractivity contribution is -0.393. The second-order valence-corrected chi connectivity index (χ2v) is 15.7. The van der Waals surface area contributed by atoms with Crippen molar-refractivity contribution in [3.8, 4) is 0 Å². The number of aliphatic hydroxyl groups is 16. The molecule has 5 rings (SSSR count). The highest BCUT2D eigenvalue weighted by Crippen LogP contribution is 2.40. The summed E-state index contributed by atoms with van der Waals surface area (Å²) >= 11 is 0. The molecule has 0 aliphatic carbocycles. The maximum absolute atomic E-state index is 13.4. The fraction of sp³-hybridized carbons (Fsp3) is 0.941. The van der Waals surface area contributed by atoms with Crippen LogP contribution in [0.4, 0.5) is 0 Å². The van der Waals surface area contributed by atoms with Crippen molar-refractivity contribution >= 4 is 11.9 Å². The summed E-state index contributed by atoms with van der Waals surface area (Å²) in [5.41, 5.74) is 0. The van der Waals surface area contributed by atoms with Gasteiger partial charge in [-0.15, -0.1) is 0 Å². The minimum absolute atomic E-state index is 0.543. The molecule has 0 bridgehead atoms. The van der Waals surface area contributed by atoms with Crippen LogP contribution in [0.3, 0.4) is 0 Å². The van der Waals surface area contributed by atoms with Crippen LogP contribution in [0.25, 0.3) is 0 Å². The molecule has 25 atom stereocenters. The molecule has 18 N–H and O–H groups in total. The van der Waals surface area contributed by atoms with Crippen molar-refractivity contribution in [3.05, 3.63) is 0 Å². The normalized spacial score (nSPS) is 48.3. The first kappa shape index (κ1) is 51.9. The number of hydrogen-bond acceptors (Lipinski definition) is 27. The number of aliphatic hydroxyl groups excluding tert-OH is 16. The number of carbonyl (C=O) groups excluding carboxylic acids is 1. The van der Waals surface area contributed by atoms with Crippen LogP contribution in [0.1, 0.15) is 13.3 Å². The first-order valence-electron chi connectivity index (χ1n) is 19.7. The first-order valence-corrected chi connectivity index (χ1v) is 19.7. The molecule has 0 radical (unpaired) electrons. The van der Waals surface area contributed by atoms with Crippen molar-refractivity contribution in [2.45, 2.75) is 166 Å². The molecule has 29 nitrogen and oxygen atoms in total. The Balaban J connectivity index is 1.48. The number of carboxylic acids is 1. The number of rotatable bonds is 16. The highest BCUT2D eigenvalue weighted by molar-refractivity contribution is 5.76. The van der Waals surface area contributed by atoms with Crippen molar-refractivity contribution in [3.63, 3.8) is 0 Å². The molecule has 5 aliphatic heterocycles. The Hall–Kier alpha value is -2.06. The van der Waals surface area contributed by atoms with Crippen LogP contribution in [-0.4, -0.2) is 285 Å². The molecule has 1 amide bonds. The molecule has 0 aromatic heterocycles. The van der Waals surface area contributed by atoms with Gasteiger partial charge in [0, 0.05) is 13.3 Å². The second-order valence-electron chi connectivity index (χ2n) is 15.7. The molecular formula is C34H57NO28. The topological polar surface area (TPSA) is 473 Å². The van der Waals surface area contributed by atoms with Gasteiger partial charge in [-0.05, 0) is 0 Å². The third-order valence-electron chi connectivity index (χ3n) is 11.3. The SMILES string of the molecule is CC(=O)N[C@H]1[C@H]([C@H](O)[C@H](O)CO)O[C@@](O[C@H]2[C@@H](O)[C@@H](CO)O[C@@H](O[C@H]3[C@H](O)[C@@H](O)[C@H](O)O[C@@H]3CO)[C@@H]2O)(C(=O)O)C[C@@H]1O[C@H]1O[C@H](CO)[C@H](O[C@H]2OC[C@H](O)[C@H](O)[C@H]2O)[C@H](O)[C@H]1O. The maximum Gasteiger partial charge on any atom is 0.364 e. The van der Waals surface area contributed by atoms with Gasteiger partial charge in [-0.25, -0.2) is 4.79 Å². The Kier molecular flexibility index (Phi) is 17.9. The van der Waals surface area contributed by atoms with Gasteiger partial charge in [0.25, 0.3) is 5.79 Å². The Morgan fingerprint density at radius 2 is 1.21 bits per heavy atom. The third-order valence-corrected chi connectivity index (χ3v) is 11.3. The van der Waals surface area contributed by atoms with E-state index >= 15 is 0 Å². The summed E-state index contributed by atoms with van der Waals surface area (Å²) in [6, 6.07) is -1.81. The quantitative estimate of drug-likeness (QED) is 0.0683. The zero-order valence-electron chi connectivity index (χ0n) is 33.2. The van der Waals surface area contributed by atoms with Crippen LogP contribution < -0.4 is 5.32 Å². The molecule has 0 saturated carbocycles. The number of ether oxygens (including phenoxy) is 9. The van der Waals surface area contributed by atoms with E-state index in [0.29, 0.717) is 0 Å². The summed E-state index contributed by atoms with van der Waals surface area (Å²) in [6.07, 6.45) is -47.1. The molecule has 0 spiro atoms. The van der Waals surface area contributed by atoms with Crippen LogP contribution in [-0.2, 0) is 52.2 Å². The minimum Gasteiger partial charge on any atom is -0.477 e. The third kappa shape index (κ3) is 10.9. The van der Waals surface area contributed by atoms with Gasteiger partial charge in [0.2, 0.25) is 5.91 Å². The number of nitrogens with one attached hydrogen (secondary N) is 1. The lowest BCUT2D eigenvalue weighted by Crippen LogP contribution is -2.72. The number of carbonyl (C=O) groups is 2. The van der Waals surface area contributed by atoms with E-state index in [4.69, 9.17) is 42.6 Å². The molecule has 63 heavy (non-hydrogen) atoms. The Morgan fingerprint density at radius 3 is 1.78 bits per heavy atom. The maximum atomic E-state index is 13.4. The largest absolute Gasteiger partial charge is 0.477 e. The van der Waals surface area contributed by atoms with E-state index in [1.54, 1.807) is 0 Å². The van der Waals surface area contributed by atoms with Gasteiger partial charge in [-0.3, -0.25) is 4.79 Å². The van der Waals surface area contributed by atoms with E-state index in [1.165, 1.54) is 0 Å². The fourth-order valence-corrected chi connectivity index (χ4v) is 7.83. The molecule has 5 aliphatic rings. The van der Waals surface area contributed by atoms with E-state index < -0.39 is 204 Å². The predicted molar refractivity (Wildman–Crippen MR) is 189 cm³/mol. The lowest BCUT2D eigenvalue weighted by Gasteiger charge is -2.52. The van der Waals surface area contributed by atoms with Gasteiger partial charge >= 0.3 is 5.97 Å².